The number of hydrogen-bond acceptors (Lipinski definition) is 4. The zero-order valence-electron chi connectivity index (χ0n) is 16.7. The highest BCUT2D eigenvalue weighted by atomic mass is 16.2. The Morgan fingerprint density at radius 2 is 1.86 bits per heavy atom. The van der Waals surface area contributed by atoms with Crippen molar-refractivity contribution in [2.24, 2.45) is 5.92 Å². The number of benzene rings is 1. The van der Waals surface area contributed by atoms with Gasteiger partial charge in [-0.15, -0.1) is 0 Å². The molecule has 7 heteroatoms. The van der Waals surface area contributed by atoms with E-state index in [0.29, 0.717) is 44.0 Å². The van der Waals surface area contributed by atoms with Crippen molar-refractivity contribution in [2.75, 3.05) is 38.0 Å². The number of hydrogen-bond donors (Lipinski definition) is 2. The van der Waals surface area contributed by atoms with E-state index in [1.54, 1.807) is 18.2 Å². The number of amides is 3. The minimum atomic E-state index is -0.0359. The smallest absolute Gasteiger partial charge is 0.254 e. The second kappa shape index (κ2) is 9.19. The predicted octanol–water partition coefficient (Wildman–Crippen LogP) is 1.71. The average molecular weight is 386 g/mol. The summed E-state index contributed by atoms with van der Waals surface area (Å²) in [5, 5.41) is 5.86. The van der Waals surface area contributed by atoms with Gasteiger partial charge in [-0.05, 0) is 44.4 Å². The van der Waals surface area contributed by atoms with Crippen LogP contribution in [0.25, 0.3) is 0 Å². The maximum absolute atomic E-state index is 12.8. The third-order valence-electron chi connectivity index (χ3n) is 5.37. The van der Waals surface area contributed by atoms with Crippen molar-refractivity contribution < 1.29 is 14.4 Å². The lowest BCUT2D eigenvalue weighted by molar-refractivity contribution is -0.123. The summed E-state index contributed by atoms with van der Waals surface area (Å²) in [4.78, 5) is 40.7. The number of piperazine rings is 1. The van der Waals surface area contributed by atoms with E-state index in [1.165, 1.54) is 0 Å². The van der Waals surface area contributed by atoms with Crippen LogP contribution in [0, 0.1) is 5.92 Å². The van der Waals surface area contributed by atoms with Crippen LogP contribution in [-0.4, -0.2) is 66.3 Å². The maximum Gasteiger partial charge on any atom is 0.254 e. The van der Waals surface area contributed by atoms with Crippen LogP contribution in [0.15, 0.2) is 24.3 Å². The van der Waals surface area contributed by atoms with Crippen LogP contribution in [0.3, 0.4) is 0 Å². The van der Waals surface area contributed by atoms with Crippen molar-refractivity contribution in [3.63, 3.8) is 0 Å². The molecule has 1 aromatic carbocycles. The Morgan fingerprint density at radius 3 is 2.50 bits per heavy atom. The number of carbonyl (C=O) groups excluding carboxylic acids is 3. The van der Waals surface area contributed by atoms with Crippen LogP contribution < -0.4 is 10.6 Å². The first-order valence-corrected chi connectivity index (χ1v) is 10.2. The summed E-state index contributed by atoms with van der Waals surface area (Å²) < 4.78 is 0. The van der Waals surface area contributed by atoms with Gasteiger partial charge in [0, 0.05) is 49.4 Å². The zero-order valence-corrected chi connectivity index (χ0v) is 16.7. The lowest BCUT2D eigenvalue weighted by atomic mass is 10.1. The van der Waals surface area contributed by atoms with E-state index >= 15 is 0 Å². The second-order valence-electron chi connectivity index (χ2n) is 7.79. The molecule has 1 atom stereocenters. The highest BCUT2D eigenvalue weighted by Crippen LogP contribution is 2.30. The van der Waals surface area contributed by atoms with Crippen molar-refractivity contribution in [3.8, 4) is 0 Å². The van der Waals surface area contributed by atoms with E-state index in [-0.39, 0.29) is 29.7 Å². The van der Waals surface area contributed by atoms with E-state index in [2.05, 4.69) is 15.5 Å². The molecule has 1 aromatic rings. The van der Waals surface area contributed by atoms with E-state index < -0.39 is 0 Å². The summed E-state index contributed by atoms with van der Waals surface area (Å²) >= 11 is 0. The number of nitrogens with zero attached hydrogens (tertiary/aromatic N) is 2. The average Bonchev–Trinajstić information content (AvgIpc) is 3.53. The van der Waals surface area contributed by atoms with Crippen LogP contribution in [0.5, 0.6) is 0 Å². The van der Waals surface area contributed by atoms with Crippen LogP contribution >= 0.6 is 0 Å². The molecule has 1 unspecified atom stereocenters. The number of carbonyl (C=O) groups is 3. The summed E-state index contributed by atoms with van der Waals surface area (Å²) in [7, 11) is 0. The molecule has 152 valence electrons. The Hall–Kier alpha value is -2.41. The minimum Gasteiger partial charge on any atom is -0.353 e. The monoisotopic (exact) mass is 386 g/mol. The molecular formula is C21H30N4O3. The molecule has 1 saturated carbocycles. The van der Waals surface area contributed by atoms with Crippen LogP contribution in [0.2, 0.25) is 0 Å². The number of rotatable bonds is 7. The lowest BCUT2D eigenvalue weighted by Gasteiger charge is -2.34. The molecule has 3 amide bonds. The summed E-state index contributed by atoms with van der Waals surface area (Å²) in [5.74, 6) is 0.165. The SMILES string of the molecule is CCC(C)NC(=O)CN1CCN(C(=O)c2cccc(NC(=O)C3CC3)c2)CC1. The molecule has 2 aliphatic rings. The minimum absolute atomic E-state index is 0.0354. The van der Waals surface area contributed by atoms with Gasteiger partial charge in [0.2, 0.25) is 11.8 Å². The van der Waals surface area contributed by atoms with Crippen LogP contribution in [0.1, 0.15) is 43.5 Å². The molecule has 3 rings (SSSR count). The third kappa shape index (κ3) is 5.55. The third-order valence-corrected chi connectivity index (χ3v) is 5.37. The van der Waals surface area contributed by atoms with Gasteiger partial charge in [0.15, 0.2) is 0 Å². The molecule has 2 N–H and O–H groups in total. The summed E-state index contributed by atoms with van der Waals surface area (Å²) in [6.45, 7) is 6.95. The van der Waals surface area contributed by atoms with Crippen molar-refractivity contribution in [2.45, 2.75) is 39.2 Å². The molecule has 0 radical (unpaired) electrons. The number of nitrogens with one attached hydrogen (secondary N) is 2. The standard InChI is InChI=1S/C21H30N4O3/c1-3-15(2)22-19(26)14-24-9-11-25(12-10-24)21(28)17-5-4-6-18(13-17)23-20(27)16-7-8-16/h4-6,13,15-16H,3,7-12,14H2,1-2H3,(H,22,26)(H,23,27). The molecule has 0 aromatic heterocycles. The largest absolute Gasteiger partial charge is 0.353 e. The Morgan fingerprint density at radius 1 is 1.14 bits per heavy atom. The van der Waals surface area contributed by atoms with Crippen molar-refractivity contribution in [3.05, 3.63) is 29.8 Å². The molecule has 1 aliphatic carbocycles. The van der Waals surface area contributed by atoms with Crippen molar-refractivity contribution >= 4 is 23.4 Å². The normalized spacial score (nSPS) is 18.4. The lowest BCUT2D eigenvalue weighted by Crippen LogP contribution is -2.51. The molecule has 0 bridgehead atoms. The zero-order chi connectivity index (χ0) is 20.1. The Bertz CT molecular complexity index is 724. The van der Waals surface area contributed by atoms with Gasteiger partial charge in [-0.2, -0.15) is 0 Å². The Labute approximate surface area is 166 Å². The summed E-state index contributed by atoms with van der Waals surface area (Å²) in [6.07, 6.45) is 2.81. The fourth-order valence-corrected chi connectivity index (χ4v) is 3.24. The second-order valence-corrected chi connectivity index (χ2v) is 7.79. The molecule has 2 fully saturated rings. The van der Waals surface area contributed by atoms with Gasteiger partial charge >= 0.3 is 0 Å². The quantitative estimate of drug-likeness (QED) is 0.747. The van der Waals surface area contributed by atoms with Gasteiger partial charge in [-0.25, -0.2) is 0 Å². The van der Waals surface area contributed by atoms with Gasteiger partial charge in [-0.1, -0.05) is 13.0 Å². The van der Waals surface area contributed by atoms with E-state index in [1.807, 2.05) is 24.8 Å². The summed E-state index contributed by atoms with van der Waals surface area (Å²) in [6, 6.07) is 7.31. The molecule has 7 nitrogen and oxygen atoms in total. The van der Waals surface area contributed by atoms with Gasteiger partial charge < -0.3 is 15.5 Å². The van der Waals surface area contributed by atoms with Gasteiger partial charge in [0.1, 0.15) is 0 Å². The predicted molar refractivity (Wildman–Crippen MR) is 108 cm³/mol. The molecule has 1 saturated heterocycles. The summed E-state index contributed by atoms with van der Waals surface area (Å²) in [5.41, 5.74) is 1.25. The van der Waals surface area contributed by atoms with E-state index in [9.17, 15) is 14.4 Å². The van der Waals surface area contributed by atoms with E-state index in [0.717, 1.165) is 19.3 Å². The van der Waals surface area contributed by atoms with Crippen molar-refractivity contribution in [1.29, 1.82) is 0 Å². The van der Waals surface area contributed by atoms with Crippen LogP contribution in [0.4, 0.5) is 5.69 Å². The van der Waals surface area contributed by atoms with Gasteiger partial charge in [0.05, 0.1) is 6.54 Å². The first-order valence-electron chi connectivity index (χ1n) is 10.2. The molecule has 0 spiro atoms. The fraction of sp³-hybridized carbons (Fsp3) is 0.571. The van der Waals surface area contributed by atoms with Gasteiger partial charge in [-0.3, -0.25) is 19.3 Å². The number of anilines is 1. The Balaban J connectivity index is 1.49. The maximum atomic E-state index is 12.8. The Kier molecular flexibility index (Phi) is 6.67. The molecule has 1 aliphatic heterocycles. The highest BCUT2D eigenvalue weighted by molar-refractivity contribution is 5.98. The van der Waals surface area contributed by atoms with Crippen molar-refractivity contribution in [1.82, 2.24) is 15.1 Å². The molecular weight excluding hydrogens is 356 g/mol. The first kappa shape index (κ1) is 20.3. The fourth-order valence-electron chi connectivity index (χ4n) is 3.24. The van der Waals surface area contributed by atoms with Gasteiger partial charge in [0.25, 0.3) is 5.91 Å². The van der Waals surface area contributed by atoms with Crippen LogP contribution in [-0.2, 0) is 9.59 Å². The van der Waals surface area contributed by atoms with E-state index in [4.69, 9.17) is 0 Å². The molecule has 1 heterocycles. The first-order chi connectivity index (χ1) is 13.5. The molecule has 28 heavy (non-hydrogen) atoms. The highest BCUT2D eigenvalue weighted by Gasteiger charge is 2.30. The topological polar surface area (TPSA) is 81.8 Å².